The lowest BCUT2D eigenvalue weighted by atomic mass is 10.3. The minimum atomic E-state index is -3.65. The highest BCUT2D eigenvalue weighted by Crippen LogP contribution is 2.27. The van der Waals surface area contributed by atoms with Crippen molar-refractivity contribution in [3.63, 3.8) is 0 Å². The third-order valence-electron chi connectivity index (χ3n) is 2.28. The van der Waals surface area contributed by atoms with E-state index in [-0.39, 0.29) is 21.5 Å². The van der Waals surface area contributed by atoms with Crippen molar-refractivity contribution in [2.45, 2.75) is 6.92 Å². The van der Waals surface area contributed by atoms with Gasteiger partial charge in [-0.15, -0.1) is 0 Å². The maximum atomic E-state index is 12.0. The molecular formula is C10H13Cl2N3O3S. The molecule has 6 nitrogen and oxygen atoms in total. The first-order chi connectivity index (χ1) is 8.80. The Labute approximate surface area is 121 Å². The summed E-state index contributed by atoms with van der Waals surface area (Å²) in [5, 5.41) is 0.541. The van der Waals surface area contributed by atoms with E-state index >= 15 is 0 Å². The zero-order valence-corrected chi connectivity index (χ0v) is 12.4. The number of amides is 1. The third-order valence-corrected chi connectivity index (χ3v) is 4.46. The molecule has 0 saturated heterocycles. The second kappa shape index (κ2) is 6.42. The maximum Gasteiger partial charge on any atom is 0.254 e. The van der Waals surface area contributed by atoms with Gasteiger partial charge in [0, 0.05) is 10.0 Å². The van der Waals surface area contributed by atoms with Crippen molar-refractivity contribution in [3.8, 4) is 0 Å². The Morgan fingerprint density at radius 3 is 2.26 bits per heavy atom. The van der Waals surface area contributed by atoms with Crippen molar-refractivity contribution in [2.75, 3.05) is 16.6 Å². The Kier molecular flexibility index (Phi) is 5.42. The number of sulfonamides is 1. The minimum Gasteiger partial charge on any atom is -0.293 e. The van der Waals surface area contributed by atoms with Crippen molar-refractivity contribution in [3.05, 3.63) is 28.2 Å². The molecule has 0 unspecified atom stereocenters. The fourth-order valence-electron chi connectivity index (χ4n) is 1.37. The van der Waals surface area contributed by atoms with E-state index in [1.807, 2.05) is 5.43 Å². The van der Waals surface area contributed by atoms with Crippen LogP contribution in [-0.2, 0) is 14.8 Å². The molecule has 1 aromatic carbocycles. The van der Waals surface area contributed by atoms with Gasteiger partial charge in [-0.3, -0.25) is 14.5 Å². The number of hydrogen-bond donors (Lipinski definition) is 2. The third kappa shape index (κ3) is 4.24. The van der Waals surface area contributed by atoms with Crippen molar-refractivity contribution >= 4 is 44.8 Å². The summed E-state index contributed by atoms with van der Waals surface area (Å²) in [5.74, 6) is 4.15. The van der Waals surface area contributed by atoms with Crippen LogP contribution in [0.15, 0.2) is 18.2 Å². The van der Waals surface area contributed by atoms with Gasteiger partial charge in [0.15, 0.2) is 0 Å². The topological polar surface area (TPSA) is 92.5 Å². The molecule has 0 heterocycles. The molecular weight excluding hydrogens is 313 g/mol. The van der Waals surface area contributed by atoms with Crippen LogP contribution in [0.3, 0.4) is 0 Å². The summed E-state index contributed by atoms with van der Waals surface area (Å²) in [4.78, 5) is 11.3. The normalized spacial score (nSPS) is 11.2. The molecule has 0 aliphatic carbocycles. The van der Waals surface area contributed by atoms with E-state index in [1.54, 1.807) is 0 Å². The monoisotopic (exact) mass is 325 g/mol. The fourth-order valence-corrected chi connectivity index (χ4v) is 2.93. The van der Waals surface area contributed by atoms with E-state index in [4.69, 9.17) is 29.0 Å². The molecule has 9 heteroatoms. The summed E-state index contributed by atoms with van der Waals surface area (Å²) < 4.78 is 24.9. The molecule has 0 fully saturated rings. The number of rotatable bonds is 5. The highest BCUT2D eigenvalue weighted by atomic mass is 35.5. The van der Waals surface area contributed by atoms with Crippen molar-refractivity contribution in [1.82, 2.24) is 5.43 Å². The second-order valence-electron chi connectivity index (χ2n) is 3.60. The Balaban J connectivity index is 3.27. The summed E-state index contributed by atoms with van der Waals surface area (Å²) >= 11 is 11.7. The molecule has 0 aliphatic heterocycles. The van der Waals surface area contributed by atoms with Gasteiger partial charge in [0.05, 0.1) is 11.4 Å². The number of carbonyl (C=O) groups excluding carboxylic acids is 1. The zero-order chi connectivity index (χ0) is 14.6. The average Bonchev–Trinajstić information content (AvgIpc) is 2.34. The van der Waals surface area contributed by atoms with Crippen LogP contribution in [0.25, 0.3) is 0 Å². The van der Waals surface area contributed by atoms with Crippen molar-refractivity contribution in [1.29, 1.82) is 0 Å². The standard InChI is InChI=1S/C10H13Cl2N3O3S/c1-2-19(17,18)15(6-10(16)14-13)9-4-7(11)3-8(12)5-9/h3-5H,2,6,13H2,1H3,(H,14,16). The Morgan fingerprint density at radius 1 is 1.32 bits per heavy atom. The van der Waals surface area contributed by atoms with E-state index in [0.29, 0.717) is 0 Å². The Hall–Kier alpha value is -1.02. The number of nitrogens with two attached hydrogens (primary N) is 1. The molecule has 0 bridgehead atoms. The summed E-state index contributed by atoms with van der Waals surface area (Å²) in [6, 6.07) is 4.28. The highest BCUT2D eigenvalue weighted by Gasteiger charge is 2.23. The van der Waals surface area contributed by atoms with Gasteiger partial charge in [-0.05, 0) is 25.1 Å². The maximum absolute atomic E-state index is 12.0. The number of hydrazine groups is 1. The molecule has 106 valence electrons. The predicted octanol–water partition coefficient (Wildman–Crippen LogP) is 1.14. The molecule has 0 atom stereocenters. The number of carbonyl (C=O) groups is 1. The van der Waals surface area contributed by atoms with Crippen LogP contribution in [0.2, 0.25) is 10.0 Å². The van der Waals surface area contributed by atoms with Crippen LogP contribution in [0.5, 0.6) is 0 Å². The summed E-state index contributed by atoms with van der Waals surface area (Å²) in [6.07, 6.45) is 0. The fraction of sp³-hybridized carbons (Fsp3) is 0.300. The first-order valence-electron chi connectivity index (χ1n) is 5.26. The van der Waals surface area contributed by atoms with Crippen molar-refractivity contribution in [2.24, 2.45) is 5.84 Å². The summed E-state index contributed by atoms with van der Waals surface area (Å²) in [5.41, 5.74) is 2.09. The SMILES string of the molecule is CCS(=O)(=O)N(CC(=O)NN)c1cc(Cl)cc(Cl)c1. The van der Waals surface area contributed by atoms with E-state index in [2.05, 4.69) is 0 Å². The number of hydrogen-bond acceptors (Lipinski definition) is 4. The quantitative estimate of drug-likeness (QED) is 0.482. The van der Waals surface area contributed by atoms with Crippen LogP contribution < -0.4 is 15.6 Å². The summed E-state index contributed by atoms with van der Waals surface area (Å²) in [7, 11) is -3.65. The number of nitrogens with zero attached hydrogens (tertiary/aromatic N) is 1. The number of nitrogens with one attached hydrogen (secondary N) is 1. The molecule has 3 N–H and O–H groups in total. The van der Waals surface area contributed by atoms with Gasteiger partial charge in [-0.2, -0.15) is 0 Å². The number of benzene rings is 1. The molecule has 1 amide bonds. The first-order valence-corrected chi connectivity index (χ1v) is 7.62. The number of anilines is 1. The van der Waals surface area contributed by atoms with Crippen LogP contribution in [-0.4, -0.2) is 26.6 Å². The second-order valence-corrected chi connectivity index (χ2v) is 6.66. The van der Waals surface area contributed by atoms with Gasteiger partial charge in [0.1, 0.15) is 6.54 Å². The average molecular weight is 326 g/mol. The van der Waals surface area contributed by atoms with E-state index in [9.17, 15) is 13.2 Å². The highest BCUT2D eigenvalue weighted by molar-refractivity contribution is 7.92. The lowest BCUT2D eigenvalue weighted by Crippen LogP contribution is -2.43. The van der Waals surface area contributed by atoms with Gasteiger partial charge in [0.25, 0.3) is 5.91 Å². The minimum absolute atomic E-state index is 0.172. The predicted molar refractivity (Wildman–Crippen MR) is 75.6 cm³/mol. The van der Waals surface area contributed by atoms with Crippen LogP contribution in [0.1, 0.15) is 6.92 Å². The van der Waals surface area contributed by atoms with Gasteiger partial charge in [-0.1, -0.05) is 23.2 Å². The van der Waals surface area contributed by atoms with E-state index < -0.39 is 22.5 Å². The molecule has 19 heavy (non-hydrogen) atoms. The lowest BCUT2D eigenvalue weighted by molar-refractivity contribution is -0.119. The Bertz CT molecular complexity index is 557. The van der Waals surface area contributed by atoms with Crippen LogP contribution in [0.4, 0.5) is 5.69 Å². The molecule has 0 aliphatic rings. The van der Waals surface area contributed by atoms with Crippen molar-refractivity contribution < 1.29 is 13.2 Å². The molecule has 0 aromatic heterocycles. The zero-order valence-electron chi connectivity index (χ0n) is 10.1. The van der Waals surface area contributed by atoms with Gasteiger partial charge >= 0.3 is 0 Å². The van der Waals surface area contributed by atoms with Gasteiger partial charge in [0.2, 0.25) is 10.0 Å². The van der Waals surface area contributed by atoms with Gasteiger partial charge in [-0.25, -0.2) is 14.3 Å². The smallest absolute Gasteiger partial charge is 0.254 e. The van der Waals surface area contributed by atoms with Crippen LogP contribution in [0, 0.1) is 0 Å². The Morgan fingerprint density at radius 2 is 1.84 bits per heavy atom. The molecule has 0 spiro atoms. The molecule has 0 saturated carbocycles. The molecule has 1 aromatic rings. The van der Waals surface area contributed by atoms with E-state index in [0.717, 1.165) is 4.31 Å². The number of halogens is 2. The van der Waals surface area contributed by atoms with E-state index in [1.165, 1.54) is 25.1 Å². The lowest BCUT2D eigenvalue weighted by Gasteiger charge is -2.23. The summed E-state index contributed by atoms with van der Waals surface area (Å²) in [6.45, 7) is 1.03. The first kappa shape index (κ1) is 16.0. The van der Waals surface area contributed by atoms with Crippen LogP contribution >= 0.6 is 23.2 Å². The molecule has 0 radical (unpaired) electrons. The molecule has 1 rings (SSSR count). The largest absolute Gasteiger partial charge is 0.293 e. The van der Waals surface area contributed by atoms with Gasteiger partial charge < -0.3 is 0 Å².